The molecule has 1 spiro atoms. The Morgan fingerprint density at radius 3 is 3.05 bits per heavy atom. The van der Waals surface area contributed by atoms with Crippen molar-refractivity contribution in [3.63, 3.8) is 0 Å². The summed E-state index contributed by atoms with van der Waals surface area (Å²) in [5, 5.41) is 11.1. The van der Waals surface area contributed by atoms with Gasteiger partial charge < -0.3 is 14.7 Å². The zero-order valence-corrected chi connectivity index (χ0v) is 12.7. The van der Waals surface area contributed by atoms with Crippen molar-refractivity contribution in [3.8, 4) is 5.75 Å². The highest BCUT2D eigenvalue weighted by atomic mass is 35.5. The van der Waals surface area contributed by atoms with Gasteiger partial charge in [0.25, 0.3) is 0 Å². The fourth-order valence-electron chi connectivity index (χ4n) is 3.46. The monoisotopic (exact) mass is 295 g/mol. The first-order chi connectivity index (χ1) is 9.62. The van der Waals surface area contributed by atoms with E-state index >= 15 is 0 Å². The molecule has 1 fully saturated rings. The lowest BCUT2D eigenvalue weighted by Gasteiger charge is -2.40. The van der Waals surface area contributed by atoms with E-state index in [-0.39, 0.29) is 5.60 Å². The molecular weight excluding hydrogens is 274 g/mol. The van der Waals surface area contributed by atoms with E-state index in [2.05, 4.69) is 11.8 Å². The lowest BCUT2D eigenvalue weighted by atomic mass is 9.83. The van der Waals surface area contributed by atoms with Crippen LogP contribution in [0, 0.1) is 0 Å². The minimum absolute atomic E-state index is 0.204. The zero-order valence-electron chi connectivity index (χ0n) is 11.9. The Morgan fingerprint density at radius 1 is 1.40 bits per heavy atom. The lowest BCUT2D eigenvalue weighted by Crippen LogP contribution is -2.42. The topological polar surface area (TPSA) is 32.7 Å². The minimum atomic E-state index is -0.467. The van der Waals surface area contributed by atoms with Crippen LogP contribution >= 0.6 is 11.6 Å². The van der Waals surface area contributed by atoms with Gasteiger partial charge in [-0.1, -0.05) is 18.5 Å². The number of likely N-dealkylation sites (tertiary alicyclic amines) is 1. The molecule has 3 rings (SSSR count). The summed E-state index contributed by atoms with van der Waals surface area (Å²) in [6.45, 7) is 5.47. The van der Waals surface area contributed by atoms with Crippen molar-refractivity contribution in [2.24, 2.45) is 0 Å². The molecule has 4 heteroatoms. The fraction of sp³-hybridized carbons (Fsp3) is 0.625. The molecule has 2 aliphatic heterocycles. The van der Waals surface area contributed by atoms with E-state index in [1.807, 2.05) is 18.2 Å². The summed E-state index contributed by atoms with van der Waals surface area (Å²) in [4.78, 5) is 2.46. The number of hydrogen-bond acceptors (Lipinski definition) is 3. The quantitative estimate of drug-likeness (QED) is 0.862. The van der Waals surface area contributed by atoms with E-state index in [0.29, 0.717) is 11.4 Å². The van der Waals surface area contributed by atoms with Gasteiger partial charge in [-0.25, -0.2) is 0 Å². The van der Waals surface area contributed by atoms with Crippen LogP contribution in [0.4, 0.5) is 0 Å². The van der Waals surface area contributed by atoms with Crippen LogP contribution in [0.15, 0.2) is 18.2 Å². The molecule has 1 unspecified atom stereocenters. The molecule has 0 amide bonds. The van der Waals surface area contributed by atoms with E-state index in [1.165, 1.54) is 0 Å². The zero-order chi connectivity index (χ0) is 14.2. The van der Waals surface area contributed by atoms with Gasteiger partial charge in [0.1, 0.15) is 11.4 Å². The molecule has 1 saturated heterocycles. The Balaban J connectivity index is 1.85. The second-order valence-electron chi connectivity index (χ2n) is 5.97. The van der Waals surface area contributed by atoms with E-state index in [1.54, 1.807) is 0 Å². The van der Waals surface area contributed by atoms with E-state index in [4.69, 9.17) is 16.3 Å². The number of halogens is 1. The normalized spacial score (nSPS) is 30.6. The maximum atomic E-state index is 10.5. The van der Waals surface area contributed by atoms with Gasteiger partial charge in [0.05, 0.1) is 6.10 Å². The van der Waals surface area contributed by atoms with Crippen molar-refractivity contribution in [1.29, 1.82) is 0 Å². The molecule has 20 heavy (non-hydrogen) atoms. The highest BCUT2D eigenvalue weighted by molar-refractivity contribution is 6.30. The molecule has 0 radical (unpaired) electrons. The Bertz CT molecular complexity index is 493. The second-order valence-corrected chi connectivity index (χ2v) is 6.41. The molecule has 1 aromatic carbocycles. The Morgan fingerprint density at radius 2 is 2.25 bits per heavy atom. The number of hydrogen-bond donors (Lipinski definition) is 1. The van der Waals surface area contributed by atoms with Crippen LogP contribution in [-0.4, -0.2) is 35.2 Å². The maximum Gasteiger partial charge on any atom is 0.126 e. The summed E-state index contributed by atoms with van der Waals surface area (Å²) < 4.78 is 6.31. The minimum Gasteiger partial charge on any atom is -0.487 e. The molecule has 2 aliphatic rings. The molecule has 0 aliphatic carbocycles. The van der Waals surface area contributed by atoms with E-state index < -0.39 is 6.10 Å². The average molecular weight is 296 g/mol. The Kier molecular flexibility index (Phi) is 3.93. The molecule has 3 nitrogen and oxygen atoms in total. The Labute approximate surface area is 125 Å². The molecule has 2 atom stereocenters. The smallest absolute Gasteiger partial charge is 0.126 e. The molecule has 110 valence electrons. The molecule has 0 saturated carbocycles. The molecular formula is C16H22ClNO2. The number of ether oxygens (including phenoxy) is 1. The Hall–Kier alpha value is -0.770. The van der Waals surface area contributed by atoms with Crippen molar-refractivity contribution >= 4 is 11.6 Å². The van der Waals surface area contributed by atoms with Gasteiger partial charge >= 0.3 is 0 Å². The van der Waals surface area contributed by atoms with E-state index in [9.17, 15) is 5.11 Å². The van der Waals surface area contributed by atoms with E-state index in [0.717, 1.165) is 50.2 Å². The summed E-state index contributed by atoms with van der Waals surface area (Å²) in [5.74, 6) is 0.804. The van der Waals surface area contributed by atoms with Gasteiger partial charge in [-0.15, -0.1) is 0 Å². The predicted octanol–water partition coefficient (Wildman–Crippen LogP) is 3.40. The highest BCUT2D eigenvalue weighted by Gasteiger charge is 2.41. The van der Waals surface area contributed by atoms with Crippen LogP contribution in [0.2, 0.25) is 5.02 Å². The molecule has 0 bridgehead atoms. The van der Waals surface area contributed by atoms with Crippen LogP contribution in [0.25, 0.3) is 0 Å². The van der Waals surface area contributed by atoms with Crippen LogP contribution in [0.3, 0.4) is 0 Å². The van der Waals surface area contributed by atoms with Gasteiger partial charge in [-0.3, -0.25) is 0 Å². The average Bonchev–Trinajstić information content (AvgIpc) is 2.62. The van der Waals surface area contributed by atoms with Gasteiger partial charge in [0, 0.05) is 23.6 Å². The fourth-order valence-corrected chi connectivity index (χ4v) is 3.64. The molecule has 0 aromatic heterocycles. The largest absolute Gasteiger partial charge is 0.487 e. The SMILES string of the molecule is CCN1CCCC2(CC1)C[C@H](O)c1cc(Cl)ccc1O2. The van der Waals surface area contributed by atoms with Gasteiger partial charge in [0.15, 0.2) is 0 Å². The number of aliphatic hydroxyl groups is 1. The van der Waals surface area contributed by atoms with Crippen molar-refractivity contribution in [2.45, 2.75) is 44.3 Å². The summed E-state index contributed by atoms with van der Waals surface area (Å²) in [6.07, 6.45) is 3.34. The summed E-state index contributed by atoms with van der Waals surface area (Å²) in [5.41, 5.74) is 0.629. The van der Waals surface area contributed by atoms with Crippen molar-refractivity contribution in [2.75, 3.05) is 19.6 Å². The third kappa shape index (κ3) is 2.67. The number of nitrogens with zero attached hydrogens (tertiary/aromatic N) is 1. The molecule has 1 N–H and O–H groups in total. The summed E-state index contributed by atoms with van der Waals surface area (Å²) in [7, 11) is 0. The first-order valence-corrected chi connectivity index (χ1v) is 7.88. The first-order valence-electron chi connectivity index (χ1n) is 7.51. The van der Waals surface area contributed by atoms with Crippen molar-refractivity contribution in [1.82, 2.24) is 4.90 Å². The highest BCUT2D eigenvalue weighted by Crippen LogP contribution is 2.44. The van der Waals surface area contributed by atoms with Gasteiger partial charge in [0.2, 0.25) is 0 Å². The van der Waals surface area contributed by atoms with Crippen LogP contribution < -0.4 is 4.74 Å². The van der Waals surface area contributed by atoms with Gasteiger partial charge in [-0.2, -0.15) is 0 Å². The lowest BCUT2D eigenvalue weighted by molar-refractivity contribution is -0.0238. The maximum absolute atomic E-state index is 10.5. The van der Waals surface area contributed by atoms with Crippen molar-refractivity contribution < 1.29 is 9.84 Å². The number of rotatable bonds is 1. The van der Waals surface area contributed by atoms with Gasteiger partial charge in [-0.05, 0) is 50.6 Å². The number of benzene rings is 1. The standard InChI is InChI=1S/C16H22ClNO2/c1-2-18-8-3-6-16(7-9-18)11-14(19)13-10-12(17)4-5-15(13)20-16/h4-5,10,14,19H,2-3,6-9,11H2,1H3/t14-,16?/m0/s1. The van der Waals surface area contributed by atoms with Crippen LogP contribution in [0.1, 0.15) is 44.3 Å². The van der Waals surface area contributed by atoms with Crippen LogP contribution in [0.5, 0.6) is 5.75 Å². The van der Waals surface area contributed by atoms with Crippen LogP contribution in [-0.2, 0) is 0 Å². The molecule has 1 aromatic rings. The molecule has 2 heterocycles. The third-order valence-corrected chi connectivity index (χ3v) is 4.90. The summed E-state index contributed by atoms with van der Waals surface area (Å²) in [6, 6.07) is 5.55. The first kappa shape index (κ1) is 14.2. The predicted molar refractivity (Wildman–Crippen MR) is 80.4 cm³/mol. The number of aliphatic hydroxyl groups excluding tert-OH is 1. The van der Waals surface area contributed by atoms with Crippen molar-refractivity contribution in [3.05, 3.63) is 28.8 Å². The second kappa shape index (κ2) is 5.55. The third-order valence-electron chi connectivity index (χ3n) is 4.66. The summed E-state index contributed by atoms with van der Waals surface area (Å²) >= 11 is 6.01. The number of fused-ring (bicyclic) bond motifs is 1.